The van der Waals surface area contributed by atoms with Crippen LogP contribution in [0.5, 0.6) is 0 Å². The Kier molecular flexibility index (Phi) is 7.01. The second-order valence-electron chi connectivity index (χ2n) is 9.72. The highest BCUT2D eigenvalue weighted by atomic mass is 16.6. The summed E-state index contributed by atoms with van der Waals surface area (Å²) in [5, 5.41) is 15.9. The third kappa shape index (κ3) is 5.96. The van der Waals surface area contributed by atoms with Crippen LogP contribution in [0.4, 0.5) is 10.5 Å². The smallest absolute Gasteiger partial charge is 0.410 e. The van der Waals surface area contributed by atoms with E-state index in [2.05, 4.69) is 10.4 Å². The van der Waals surface area contributed by atoms with Crippen LogP contribution in [-0.2, 0) is 9.53 Å². The normalized spacial score (nSPS) is 16.1. The molecule has 1 saturated heterocycles. The number of fused-ring (bicyclic) bond motifs is 1. The molecule has 0 radical (unpaired) electrons. The number of hydrogen-bond acceptors (Lipinski definition) is 6. The van der Waals surface area contributed by atoms with E-state index in [1.807, 2.05) is 51.1 Å². The van der Waals surface area contributed by atoms with Crippen molar-refractivity contribution in [2.45, 2.75) is 58.0 Å². The molecule has 0 saturated carbocycles. The van der Waals surface area contributed by atoms with E-state index in [1.165, 1.54) is 0 Å². The molecule has 9 nitrogen and oxygen atoms in total. The highest BCUT2D eigenvalue weighted by molar-refractivity contribution is 5.92. The Labute approximate surface area is 204 Å². The standard InChI is InChI=1S/C26H30N6O3/c1-26(2,3)35-25(34)31-13-6-7-18(17-31)21-8-4-9-22(30-21)20-16-28-32-14-11-19(15-23(20)32)29-24(33)10-5-12-27/h4,8-9,11,14-16,18H,5-7,10,13,17H2,1-3H3,(H,29,33). The van der Waals surface area contributed by atoms with Crippen molar-refractivity contribution in [1.82, 2.24) is 19.5 Å². The van der Waals surface area contributed by atoms with Crippen LogP contribution in [0, 0.1) is 11.3 Å². The molecule has 182 valence electrons. The SMILES string of the molecule is CC(C)(C)OC(=O)N1CCCC(c2cccc(-c3cnn4ccc(NC(=O)CCC#N)cc34)n2)C1. The lowest BCUT2D eigenvalue weighted by atomic mass is 9.94. The van der Waals surface area contributed by atoms with Crippen molar-refractivity contribution in [3.63, 3.8) is 0 Å². The first kappa shape index (κ1) is 24.2. The number of nitrogens with zero attached hydrogens (tertiary/aromatic N) is 5. The van der Waals surface area contributed by atoms with E-state index in [4.69, 9.17) is 15.0 Å². The van der Waals surface area contributed by atoms with Gasteiger partial charge in [0.2, 0.25) is 5.91 Å². The van der Waals surface area contributed by atoms with Gasteiger partial charge in [0.1, 0.15) is 5.60 Å². The molecule has 1 aliphatic heterocycles. The Hall–Kier alpha value is -3.93. The Bertz CT molecular complexity index is 1270. The quantitative estimate of drug-likeness (QED) is 0.571. The largest absolute Gasteiger partial charge is 0.444 e. The molecule has 3 aromatic heterocycles. The predicted molar refractivity (Wildman–Crippen MR) is 132 cm³/mol. The maximum Gasteiger partial charge on any atom is 0.410 e. The molecule has 0 aromatic carbocycles. The predicted octanol–water partition coefficient (Wildman–Crippen LogP) is 4.75. The molecule has 1 aliphatic rings. The molecule has 35 heavy (non-hydrogen) atoms. The number of nitrogens with one attached hydrogen (secondary N) is 1. The highest BCUT2D eigenvalue weighted by Crippen LogP contribution is 2.30. The maximum atomic E-state index is 12.6. The second kappa shape index (κ2) is 10.1. The van der Waals surface area contributed by atoms with Gasteiger partial charge in [-0.3, -0.25) is 9.78 Å². The number of hydrogen-bond donors (Lipinski definition) is 1. The minimum Gasteiger partial charge on any atom is -0.444 e. The fourth-order valence-corrected chi connectivity index (χ4v) is 4.19. The summed E-state index contributed by atoms with van der Waals surface area (Å²) < 4.78 is 7.30. The summed E-state index contributed by atoms with van der Waals surface area (Å²) in [6.45, 7) is 6.87. The first-order chi connectivity index (χ1) is 16.7. The summed E-state index contributed by atoms with van der Waals surface area (Å²) in [6.07, 6.45) is 5.42. The van der Waals surface area contributed by atoms with Crippen molar-refractivity contribution in [3.05, 3.63) is 48.4 Å². The number of ether oxygens (including phenoxy) is 1. The molecule has 9 heteroatoms. The van der Waals surface area contributed by atoms with Crippen molar-refractivity contribution in [3.8, 4) is 17.3 Å². The first-order valence-electron chi connectivity index (χ1n) is 11.8. The molecule has 4 rings (SSSR count). The summed E-state index contributed by atoms with van der Waals surface area (Å²) >= 11 is 0. The summed E-state index contributed by atoms with van der Waals surface area (Å²) in [7, 11) is 0. The minimum atomic E-state index is -0.528. The lowest BCUT2D eigenvalue weighted by molar-refractivity contribution is -0.116. The van der Waals surface area contributed by atoms with Gasteiger partial charge in [-0.05, 0) is 57.9 Å². The number of rotatable bonds is 5. The lowest BCUT2D eigenvalue weighted by Crippen LogP contribution is -2.42. The number of likely N-dealkylation sites (tertiary alicyclic amines) is 1. The number of anilines is 1. The number of piperidine rings is 1. The van der Waals surface area contributed by atoms with Crippen molar-refractivity contribution in [1.29, 1.82) is 5.26 Å². The average molecular weight is 475 g/mol. The van der Waals surface area contributed by atoms with E-state index in [0.29, 0.717) is 18.8 Å². The Morgan fingerprint density at radius 2 is 2.11 bits per heavy atom. The van der Waals surface area contributed by atoms with Crippen LogP contribution in [-0.4, -0.2) is 50.2 Å². The van der Waals surface area contributed by atoms with Gasteiger partial charge in [-0.1, -0.05) is 6.07 Å². The molecule has 4 heterocycles. The van der Waals surface area contributed by atoms with Crippen LogP contribution in [0.3, 0.4) is 0 Å². The zero-order valence-electron chi connectivity index (χ0n) is 20.3. The van der Waals surface area contributed by atoms with E-state index >= 15 is 0 Å². The molecular formula is C26H30N6O3. The number of aromatic nitrogens is 3. The molecule has 3 aromatic rings. The second-order valence-corrected chi connectivity index (χ2v) is 9.72. The van der Waals surface area contributed by atoms with Gasteiger partial charge in [-0.2, -0.15) is 10.4 Å². The van der Waals surface area contributed by atoms with Crippen molar-refractivity contribution >= 4 is 23.2 Å². The monoisotopic (exact) mass is 474 g/mol. The van der Waals surface area contributed by atoms with Gasteiger partial charge in [0.05, 0.1) is 23.5 Å². The van der Waals surface area contributed by atoms with E-state index in [9.17, 15) is 9.59 Å². The van der Waals surface area contributed by atoms with E-state index in [1.54, 1.807) is 27.9 Å². The highest BCUT2D eigenvalue weighted by Gasteiger charge is 2.29. The van der Waals surface area contributed by atoms with Crippen LogP contribution < -0.4 is 5.32 Å². The van der Waals surface area contributed by atoms with E-state index < -0.39 is 5.60 Å². The number of pyridine rings is 2. The topological polar surface area (TPSA) is 113 Å². The summed E-state index contributed by atoms with van der Waals surface area (Å²) in [5.74, 6) is -0.0861. The fourth-order valence-electron chi connectivity index (χ4n) is 4.19. The van der Waals surface area contributed by atoms with Gasteiger partial charge >= 0.3 is 6.09 Å². The van der Waals surface area contributed by atoms with Crippen molar-refractivity contribution in [2.75, 3.05) is 18.4 Å². The molecule has 0 bridgehead atoms. The minimum absolute atomic E-state index is 0.119. The summed E-state index contributed by atoms with van der Waals surface area (Å²) in [5.41, 5.74) is 3.47. The Morgan fingerprint density at radius 3 is 2.89 bits per heavy atom. The Balaban J connectivity index is 1.55. The molecular weight excluding hydrogens is 444 g/mol. The number of amides is 2. The Morgan fingerprint density at radius 1 is 1.29 bits per heavy atom. The van der Waals surface area contributed by atoms with Crippen LogP contribution in [0.2, 0.25) is 0 Å². The molecule has 1 fully saturated rings. The zero-order valence-corrected chi connectivity index (χ0v) is 20.3. The lowest BCUT2D eigenvalue weighted by Gasteiger charge is -2.34. The number of carbonyl (C=O) groups is 2. The van der Waals surface area contributed by atoms with Gasteiger partial charge < -0.3 is 15.0 Å². The number of carbonyl (C=O) groups excluding carboxylic acids is 2. The van der Waals surface area contributed by atoms with Gasteiger partial charge in [0.25, 0.3) is 0 Å². The molecule has 1 atom stereocenters. The molecule has 0 spiro atoms. The van der Waals surface area contributed by atoms with Crippen molar-refractivity contribution in [2.24, 2.45) is 0 Å². The molecule has 1 N–H and O–H groups in total. The van der Waals surface area contributed by atoms with Gasteiger partial charge in [-0.25, -0.2) is 9.31 Å². The number of nitriles is 1. The van der Waals surface area contributed by atoms with Gasteiger partial charge in [0.15, 0.2) is 0 Å². The van der Waals surface area contributed by atoms with Crippen LogP contribution in [0.1, 0.15) is 58.1 Å². The third-order valence-electron chi connectivity index (χ3n) is 5.81. The third-order valence-corrected chi connectivity index (χ3v) is 5.81. The van der Waals surface area contributed by atoms with E-state index in [0.717, 1.165) is 35.3 Å². The zero-order chi connectivity index (χ0) is 25.0. The molecule has 0 aliphatic carbocycles. The van der Waals surface area contributed by atoms with E-state index in [-0.39, 0.29) is 30.8 Å². The maximum absolute atomic E-state index is 12.6. The summed E-state index contributed by atoms with van der Waals surface area (Å²) in [4.78, 5) is 31.3. The average Bonchev–Trinajstić information content (AvgIpc) is 3.25. The van der Waals surface area contributed by atoms with Gasteiger partial charge in [-0.15, -0.1) is 0 Å². The first-order valence-corrected chi connectivity index (χ1v) is 11.8. The van der Waals surface area contributed by atoms with Crippen LogP contribution in [0.25, 0.3) is 16.8 Å². The molecule has 2 amide bonds. The van der Waals surface area contributed by atoms with Crippen LogP contribution >= 0.6 is 0 Å². The fraction of sp³-hybridized carbons (Fsp3) is 0.423. The summed E-state index contributed by atoms with van der Waals surface area (Å²) in [6, 6.07) is 11.5. The van der Waals surface area contributed by atoms with Crippen LogP contribution in [0.15, 0.2) is 42.7 Å². The van der Waals surface area contributed by atoms with Crippen molar-refractivity contribution < 1.29 is 14.3 Å². The van der Waals surface area contributed by atoms with Gasteiger partial charge in [0, 0.05) is 55.0 Å². The molecule has 1 unspecified atom stereocenters.